The Kier molecular flexibility index (Phi) is 4.41. The van der Waals surface area contributed by atoms with E-state index in [4.69, 9.17) is 0 Å². The van der Waals surface area contributed by atoms with Crippen molar-refractivity contribution in [3.63, 3.8) is 0 Å². The molecular weight excluding hydrogens is 320 g/mol. The van der Waals surface area contributed by atoms with E-state index in [2.05, 4.69) is 32.7 Å². The maximum absolute atomic E-state index is 12.8. The monoisotopic (exact) mass is 344 g/mol. The number of aromatic nitrogens is 2. The normalized spacial score (nSPS) is 20.8. The molecule has 1 N–H and O–H groups in total. The lowest BCUT2D eigenvalue weighted by atomic mass is 9.96. The first-order valence-electron chi connectivity index (χ1n) is 8.73. The van der Waals surface area contributed by atoms with Gasteiger partial charge in [0.25, 0.3) is 0 Å². The first-order chi connectivity index (χ1) is 11.7. The van der Waals surface area contributed by atoms with Crippen molar-refractivity contribution in [1.29, 1.82) is 0 Å². The van der Waals surface area contributed by atoms with Crippen molar-refractivity contribution in [1.82, 2.24) is 19.8 Å². The molecule has 0 spiro atoms. The lowest BCUT2D eigenvalue weighted by Crippen LogP contribution is -2.43. The highest BCUT2D eigenvalue weighted by Crippen LogP contribution is 2.34. The molecule has 2 aromatic rings. The summed E-state index contributed by atoms with van der Waals surface area (Å²) in [5.41, 5.74) is 2.17. The van der Waals surface area contributed by atoms with Gasteiger partial charge in [0, 0.05) is 38.1 Å². The zero-order valence-corrected chi connectivity index (χ0v) is 14.9. The van der Waals surface area contributed by atoms with E-state index in [-0.39, 0.29) is 11.8 Å². The van der Waals surface area contributed by atoms with Crippen LogP contribution in [0.3, 0.4) is 0 Å². The molecule has 128 valence electrons. The van der Waals surface area contributed by atoms with Crippen LogP contribution in [0.25, 0.3) is 0 Å². The number of carbonyl (C=O) groups is 1. The molecule has 1 atom stereocenters. The number of thiophene rings is 1. The molecule has 0 aromatic carbocycles. The molecule has 5 nitrogen and oxygen atoms in total. The number of nitrogens with zero attached hydrogens (tertiary/aromatic N) is 3. The second kappa shape index (κ2) is 6.69. The number of amides is 1. The second-order valence-corrected chi connectivity index (χ2v) is 8.03. The lowest BCUT2D eigenvalue weighted by Gasteiger charge is -2.32. The van der Waals surface area contributed by atoms with Crippen LogP contribution in [0.4, 0.5) is 0 Å². The number of aryl methyl sites for hydroxylation is 1. The molecule has 1 fully saturated rings. The third-order valence-corrected chi connectivity index (χ3v) is 5.92. The van der Waals surface area contributed by atoms with Gasteiger partial charge in [-0.05, 0) is 36.6 Å². The summed E-state index contributed by atoms with van der Waals surface area (Å²) in [5.74, 6) is 0.859. The largest absolute Gasteiger partial charge is 0.355 e. The average molecular weight is 344 g/mol. The van der Waals surface area contributed by atoms with E-state index >= 15 is 0 Å². The van der Waals surface area contributed by atoms with Crippen LogP contribution in [-0.4, -0.2) is 40.0 Å². The number of hydrogen-bond acceptors (Lipinski definition) is 4. The van der Waals surface area contributed by atoms with E-state index in [1.54, 1.807) is 11.3 Å². The lowest BCUT2D eigenvalue weighted by molar-refractivity contribution is -0.123. The first kappa shape index (κ1) is 15.8. The second-order valence-electron chi connectivity index (χ2n) is 7.00. The maximum atomic E-state index is 12.8. The zero-order valence-electron chi connectivity index (χ0n) is 14.1. The van der Waals surface area contributed by atoms with E-state index in [9.17, 15) is 4.79 Å². The summed E-state index contributed by atoms with van der Waals surface area (Å²) in [6, 6.07) is 4.18. The summed E-state index contributed by atoms with van der Waals surface area (Å²) in [5, 5.41) is 5.22. The van der Waals surface area contributed by atoms with E-state index in [1.807, 2.05) is 17.9 Å². The van der Waals surface area contributed by atoms with Crippen molar-refractivity contribution in [2.75, 3.05) is 19.6 Å². The Hall–Kier alpha value is -1.66. The van der Waals surface area contributed by atoms with Gasteiger partial charge in [-0.2, -0.15) is 0 Å². The molecule has 0 saturated heterocycles. The van der Waals surface area contributed by atoms with Gasteiger partial charge >= 0.3 is 0 Å². The predicted molar refractivity (Wildman–Crippen MR) is 95.0 cm³/mol. The third-order valence-electron chi connectivity index (χ3n) is 4.99. The molecule has 6 heteroatoms. The number of fused-ring (bicyclic) bond motifs is 1. The van der Waals surface area contributed by atoms with Crippen molar-refractivity contribution in [2.45, 2.75) is 31.7 Å². The van der Waals surface area contributed by atoms with Gasteiger partial charge in [-0.15, -0.1) is 11.3 Å². The van der Waals surface area contributed by atoms with Crippen LogP contribution in [-0.2, 0) is 24.8 Å². The topological polar surface area (TPSA) is 50.2 Å². The summed E-state index contributed by atoms with van der Waals surface area (Å²) in [6.07, 6.45) is 5.42. The Morgan fingerprint density at radius 2 is 2.33 bits per heavy atom. The molecule has 1 aliphatic heterocycles. The molecule has 4 rings (SSSR count). The number of imidazole rings is 1. The maximum Gasteiger partial charge on any atom is 0.230 e. The van der Waals surface area contributed by atoms with E-state index in [0.717, 1.165) is 43.4 Å². The molecule has 1 aliphatic carbocycles. The van der Waals surface area contributed by atoms with Crippen LogP contribution in [0.1, 0.15) is 35.0 Å². The molecule has 0 unspecified atom stereocenters. The first-order valence-corrected chi connectivity index (χ1v) is 9.61. The van der Waals surface area contributed by atoms with E-state index in [0.29, 0.717) is 6.54 Å². The van der Waals surface area contributed by atoms with Crippen LogP contribution >= 0.6 is 11.3 Å². The molecule has 0 bridgehead atoms. The number of nitrogens with one attached hydrogen (secondary N) is 1. The van der Waals surface area contributed by atoms with E-state index in [1.165, 1.54) is 17.7 Å². The molecule has 0 radical (unpaired) electrons. The highest BCUT2D eigenvalue weighted by molar-refractivity contribution is 7.09. The smallest absolute Gasteiger partial charge is 0.230 e. The van der Waals surface area contributed by atoms with Gasteiger partial charge in [0.2, 0.25) is 5.91 Å². The van der Waals surface area contributed by atoms with Crippen LogP contribution in [0.2, 0.25) is 0 Å². The molecule has 1 saturated carbocycles. The highest BCUT2D eigenvalue weighted by atomic mass is 32.1. The van der Waals surface area contributed by atoms with Crippen LogP contribution in [0.15, 0.2) is 23.8 Å². The van der Waals surface area contributed by atoms with Crippen LogP contribution in [0, 0.1) is 5.92 Å². The molecule has 3 heterocycles. The SMILES string of the molecule is Cn1cnc2c1[C@@H](C(=O)NCCc1cccs1)CN(CC1CC1)C2. The molecule has 2 aliphatic rings. The van der Waals surface area contributed by atoms with Crippen molar-refractivity contribution in [3.8, 4) is 0 Å². The summed E-state index contributed by atoms with van der Waals surface area (Å²) < 4.78 is 2.02. The van der Waals surface area contributed by atoms with Crippen molar-refractivity contribution in [3.05, 3.63) is 40.1 Å². The average Bonchev–Trinajstić information content (AvgIpc) is 3.08. The summed E-state index contributed by atoms with van der Waals surface area (Å²) in [7, 11) is 1.99. The minimum Gasteiger partial charge on any atom is -0.355 e. The Bertz CT molecular complexity index is 705. The third kappa shape index (κ3) is 3.39. The fraction of sp³-hybridized carbons (Fsp3) is 0.556. The predicted octanol–water partition coefficient (Wildman–Crippen LogP) is 2.15. The minimum absolute atomic E-state index is 0.108. The molecular formula is C18H24N4OS. The van der Waals surface area contributed by atoms with Gasteiger partial charge in [0.05, 0.1) is 23.6 Å². The quantitative estimate of drug-likeness (QED) is 0.874. The Morgan fingerprint density at radius 1 is 1.46 bits per heavy atom. The summed E-state index contributed by atoms with van der Waals surface area (Å²) in [4.78, 5) is 21.1. The van der Waals surface area contributed by atoms with Crippen molar-refractivity contribution >= 4 is 17.2 Å². The Labute approximate surface area is 146 Å². The van der Waals surface area contributed by atoms with Gasteiger partial charge in [0.1, 0.15) is 0 Å². The van der Waals surface area contributed by atoms with Gasteiger partial charge in [-0.1, -0.05) is 6.07 Å². The number of hydrogen-bond donors (Lipinski definition) is 1. The number of rotatable bonds is 6. The minimum atomic E-state index is -0.108. The van der Waals surface area contributed by atoms with Crippen molar-refractivity contribution in [2.24, 2.45) is 13.0 Å². The summed E-state index contributed by atoms with van der Waals surface area (Å²) >= 11 is 1.74. The fourth-order valence-corrected chi connectivity index (χ4v) is 4.29. The Balaban J connectivity index is 1.42. The van der Waals surface area contributed by atoms with Gasteiger partial charge in [-0.25, -0.2) is 4.98 Å². The van der Waals surface area contributed by atoms with Gasteiger partial charge in [-0.3, -0.25) is 9.69 Å². The van der Waals surface area contributed by atoms with Crippen LogP contribution < -0.4 is 5.32 Å². The zero-order chi connectivity index (χ0) is 16.5. The molecule has 2 aromatic heterocycles. The van der Waals surface area contributed by atoms with Gasteiger partial charge in [0.15, 0.2) is 0 Å². The van der Waals surface area contributed by atoms with Gasteiger partial charge < -0.3 is 9.88 Å². The highest BCUT2D eigenvalue weighted by Gasteiger charge is 2.35. The fourth-order valence-electron chi connectivity index (χ4n) is 3.58. The van der Waals surface area contributed by atoms with Crippen molar-refractivity contribution < 1.29 is 4.79 Å². The van der Waals surface area contributed by atoms with E-state index < -0.39 is 0 Å². The number of carbonyl (C=O) groups excluding carboxylic acids is 1. The molecule has 24 heavy (non-hydrogen) atoms. The Morgan fingerprint density at radius 3 is 3.08 bits per heavy atom. The summed E-state index contributed by atoms with van der Waals surface area (Å²) in [6.45, 7) is 3.50. The van der Waals surface area contributed by atoms with Crippen LogP contribution in [0.5, 0.6) is 0 Å². The molecule has 1 amide bonds. The standard InChI is InChI=1S/C18H24N4OS/c1-21-12-20-16-11-22(9-13-4-5-13)10-15(17(16)21)18(23)19-7-6-14-3-2-8-24-14/h2-3,8,12-13,15H,4-7,9-11H2,1H3,(H,19,23)/t15-/m0/s1.